The molecule has 0 aliphatic carbocycles. The summed E-state index contributed by atoms with van der Waals surface area (Å²) >= 11 is 12.0. The molecule has 11 heteroatoms. The smallest absolute Gasteiger partial charge is 0.410 e. The maximum Gasteiger partial charge on any atom is 0.410 e. The summed E-state index contributed by atoms with van der Waals surface area (Å²) in [5, 5.41) is 0.961. The molecule has 1 N–H and O–H groups in total. The number of fused-ring (bicyclic) bond motifs is 2. The minimum Gasteiger partial charge on any atom is -0.445 e. The number of hydrogen-bond acceptors (Lipinski definition) is 5. The number of ether oxygens (including phenoxy) is 1. The van der Waals surface area contributed by atoms with Gasteiger partial charge in [0.15, 0.2) is 0 Å². The lowest BCUT2D eigenvalue weighted by Crippen LogP contribution is -2.55. The molecular weight excluding hydrogens is 501 g/mol. The van der Waals surface area contributed by atoms with Crippen molar-refractivity contribution in [3.05, 3.63) is 63.6 Å². The predicted octanol–water partition coefficient (Wildman–Crippen LogP) is 3.63. The number of rotatable bonds is 5. The van der Waals surface area contributed by atoms with Crippen LogP contribution >= 0.6 is 23.2 Å². The lowest BCUT2D eigenvalue weighted by molar-refractivity contribution is 0.0194. The molecule has 0 spiro atoms. The standard InChI is InChI=1S/C23H25Cl2N3O5S/c1-26-34(31,32)21-4-2-18(3-5-21)22(29)27-10-16-6-17(11-27)13-28(12-16)23(30)33-14-15-7-19(24)9-20(25)8-15/h2-5,7-9,16-17,26H,6,10-14H2,1H3/t16-,17-/m1/s1. The average molecular weight is 526 g/mol. The van der Waals surface area contributed by atoms with Crippen molar-refractivity contribution in [2.45, 2.75) is 17.9 Å². The molecule has 2 aromatic rings. The van der Waals surface area contributed by atoms with Crippen molar-refractivity contribution >= 4 is 45.2 Å². The van der Waals surface area contributed by atoms with E-state index in [1.165, 1.54) is 31.3 Å². The minimum absolute atomic E-state index is 0.0782. The Balaban J connectivity index is 1.34. The van der Waals surface area contributed by atoms with Gasteiger partial charge in [-0.1, -0.05) is 23.2 Å². The predicted molar refractivity (Wildman–Crippen MR) is 128 cm³/mol. The van der Waals surface area contributed by atoms with Crippen molar-refractivity contribution in [1.29, 1.82) is 0 Å². The van der Waals surface area contributed by atoms with Gasteiger partial charge >= 0.3 is 6.09 Å². The number of sulfonamides is 1. The number of amides is 2. The van der Waals surface area contributed by atoms with E-state index in [0.717, 1.165) is 6.42 Å². The zero-order valence-electron chi connectivity index (χ0n) is 18.5. The SMILES string of the molecule is CNS(=O)(=O)c1ccc(C(=O)N2C[C@H]3C[C@@H](CN(C(=O)OCc4cc(Cl)cc(Cl)c4)C3)C2)cc1. The lowest BCUT2D eigenvalue weighted by Gasteiger charge is -2.45. The molecule has 0 radical (unpaired) electrons. The van der Waals surface area contributed by atoms with Gasteiger partial charge in [-0.15, -0.1) is 0 Å². The maximum absolute atomic E-state index is 13.0. The fourth-order valence-corrected chi connectivity index (χ4v) is 5.90. The molecule has 0 unspecified atom stereocenters. The highest BCUT2D eigenvalue weighted by Crippen LogP contribution is 2.30. The van der Waals surface area contributed by atoms with Crippen molar-refractivity contribution in [1.82, 2.24) is 14.5 Å². The van der Waals surface area contributed by atoms with E-state index in [4.69, 9.17) is 27.9 Å². The van der Waals surface area contributed by atoms with Crippen LogP contribution < -0.4 is 4.72 Å². The molecule has 0 saturated carbocycles. The molecule has 2 amide bonds. The molecule has 8 nitrogen and oxygen atoms in total. The Morgan fingerprint density at radius 3 is 2.09 bits per heavy atom. The molecule has 4 rings (SSSR count). The number of nitrogens with zero attached hydrogens (tertiary/aromatic N) is 2. The van der Waals surface area contributed by atoms with Crippen LogP contribution in [0.2, 0.25) is 10.0 Å². The molecule has 182 valence electrons. The van der Waals surface area contributed by atoms with Gasteiger partial charge in [-0.25, -0.2) is 17.9 Å². The summed E-state index contributed by atoms with van der Waals surface area (Å²) in [4.78, 5) is 29.3. The number of carbonyl (C=O) groups is 2. The summed E-state index contributed by atoms with van der Waals surface area (Å²) in [6, 6.07) is 10.9. The topological polar surface area (TPSA) is 96.0 Å². The van der Waals surface area contributed by atoms with Crippen molar-refractivity contribution in [3.63, 3.8) is 0 Å². The first-order valence-corrected chi connectivity index (χ1v) is 13.1. The second kappa shape index (κ2) is 10.1. The average Bonchev–Trinajstić information content (AvgIpc) is 2.81. The van der Waals surface area contributed by atoms with Gasteiger partial charge in [-0.2, -0.15) is 0 Å². The number of likely N-dealkylation sites (tertiary alicyclic amines) is 2. The van der Waals surface area contributed by atoms with Gasteiger partial charge in [0.05, 0.1) is 4.90 Å². The molecule has 0 aromatic heterocycles. The zero-order valence-corrected chi connectivity index (χ0v) is 20.9. The Kier molecular flexibility index (Phi) is 7.37. The van der Waals surface area contributed by atoms with E-state index >= 15 is 0 Å². The van der Waals surface area contributed by atoms with Gasteiger partial charge in [0.2, 0.25) is 10.0 Å². The Hall–Kier alpha value is -2.33. The number of nitrogens with one attached hydrogen (secondary N) is 1. The summed E-state index contributed by atoms with van der Waals surface area (Å²) in [5.41, 5.74) is 1.15. The fourth-order valence-electron chi connectivity index (χ4n) is 4.60. The van der Waals surface area contributed by atoms with Crippen LogP contribution in [0, 0.1) is 11.8 Å². The molecule has 2 saturated heterocycles. The van der Waals surface area contributed by atoms with Gasteiger partial charge in [-0.3, -0.25) is 4.79 Å². The maximum atomic E-state index is 13.0. The molecule has 2 bridgehead atoms. The summed E-state index contributed by atoms with van der Waals surface area (Å²) in [7, 11) is -2.22. The van der Waals surface area contributed by atoms with Crippen LogP contribution in [0.25, 0.3) is 0 Å². The third kappa shape index (κ3) is 5.66. The second-order valence-corrected chi connectivity index (χ2v) is 11.4. The number of halogens is 2. The molecule has 2 aromatic carbocycles. The first-order chi connectivity index (χ1) is 16.1. The van der Waals surface area contributed by atoms with Crippen LogP contribution in [0.15, 0.2) is 47.4 Å². The quantitative estimate of drug-likeness (QED) is 0.642. The van der Waals surface area contributed by atoms with Crippen LogP contribution in [-0.2, 0) is 21.4 Å². The number of piperidine rings is 2. The first-order valence-electron chi connectivity index (χ1n) is 10.8. The zero-order chi connectivity index (χ0) is 24.5. The van der Waals surface area contributed by atoms with Gasteiger partial charge < -0.3 is 14.5 Å². The Labute approximate surface area is 208 Å². The van der Waals surface area contributed by atoms with Crippen LogP contribution in [0.4, 0.5) is 4.79 Å². The first kappa shape index (κ1) is 24.8. The molecule has 2 aliphatic rings. The lowest BCUT2D eigenvalue weighted by atomic mass is 9.84. The van der Waals surface area contributed by atoms with Gasteiger partial charge in [0.1, 0.15) is 6.61 Å². The Morgan fingerprint density at radius 1 is 0.971 bits per heavy atom. The van der Waals surface area contributed by atoms with E-state index in [1.54, 1.807) is 28.0 Å². The van der Waals surface area contributed by atoms with E-state index in [-0.39, 0.29) is 29.2 Å². The van der Waals surface area contributed by atoms with Crippen molar-refractivity contribution in [2.24, 2.45) is 11.8 Å². The molecule has 2 atom stereocenters. The van der Waals surface area contributed by atoms with Crippen molar-refractivity contribution in [3.8, 4) is 0 Å². The number of carbonyl (C=O) groups excluding carboxylic acids is 2. The van der Waals surface area contributed by atoms with Crippen LogP contribution in [0.5, 0.6) is 0 Å². The number of hydrogen-bond donors (Lipinski definition) is 1. The molecular formula is C23H25Cl2N3O5S. The van der Waals surface area contributed by atoms with Crippen molar-refractivity contribution < 1.29 is 22.7 Å². The summed E-state index contributed by atoms with van der Waals surface area (Å²) in [6.45, 7) is 2.15. The Bertz CT molecular complexity index is 1160. The third-order valence-corrected chi connectivity index (χ3v) is 7.96. The number of benzene rings is 2. The summed E-state index contributed by atoms with van der Waals surface area (Å²) in [5.74, 6) is 0.152. The fraction of sp³-hybridized carbons (Fsp3) is 0.391. The molecule has 2 heterocycles. The monoisotopic (exact) mass is 525 g/mol. The van der Waals surface area contributed by atoms with Gasteiger partial charge in [0.25, 0.3) is 5.91 Å². The van der Waals surface area contributed by atoms with E-state index < -0.39 is 16.1 Å². The minimum atomic E-state index is -3.56. The third-order valence-electron chi connectivity index (χ3n) is 6.09. The highest BCUT2D eigenvalue weighted by Gasteiger charge is 2.38. The highest BCUT2D eigenvalue weighted by atomic mass is 35.5. The summed E-state index contributed by atoms with van der Waals surface area (Å²) < 4.78 is 31.5. The van der Waals surface area contributed by atoms with Crippen LogP contribution in [0.3, 0.4) is 0 Å². The second-order valence-electron chi connectivity index (χ2n) is 8.65. The van der Waals surface area contributed by atoms with E-state index in [9.17, 15) is 18.0 Å². The Morgan fingerprint density at radius 2 is 1.53 bits per heavy atom. The normalized spacial score (nSPS) is 20.2. The molecule has 2 aliphatic heterocycles. The van der Waals surface area contributed by atoms with Crippen LogP contribution in [-0.4, -0.2) is 63.4 Å². The van der Waals surface area contributed by atoms with Crippen molar-refractivity contribution in [2.75, 3.05) is 33.2 Å². The van der Waals surface area contributed by atoms with E-state index in [2.05, 4.69) is 4.72 Å². The largest absolute Gasteiger partial charge is 0.445 e. The highest BCUT2D eigenvalue weighted by molar-refractivity contribution is 7.89. The summed E-state index contributed by atoms with van der Waals surface area (Å²) in [6.07, 6.45) is 0.545. The molecule has 2 fully saturated rings. The molecule has 34 heavy (non-hydrogen) atoms. The van der Waals surface area contributed by atoms with Gasteiger partial charge in [-0.05, 0) is 73.3 Å². The van der Waals surface area contributed by atoms with E-state index in [0.29, 0.717) is 47.4 Å². The van der Waals surface area contributed by atoms with E-state index in [1.807, 2.05) is 0 Å². The van der Waals surface area contributed by atoms with Crippen LogP contribution in [0.1, 0.15) is 22.3 Å². The van der Waals surface area contributed by atoms with Gasteiger partial charge in [0, 0.05) is 41.8 Å².